The van der Waals surface area contributed by atoms with E-state index in [9.17, 15) is 17.6 Å². The molecule has 4 aliphatic heterocycles. The number of unbranched alkanes of at least 4 members (excludes halogenated alkanes) is 2. The Morgan fingerprint density at radius 1 is 0.347 bits per heavy atom. The van der Waals surface area contributed by atoms with Crippen molar-refractivity contribution < 1.29 is 55.5 Å². The Morgan fingerprint density at radius 2 is 0.613 bits per heavy atom. The van der Waals surface area contributed by atoms with E-state index in [-0.39, 0.29) is 69.3 Å². The van der Waals surface area contributed by atoms with Crippen LogP contribution in [0, 0.1) is 44.9 Å². The fourth-order valence-electron chi connectivity index (χ4n) is 22.3. The van der Waals surface area contributed by atoms with Crippen LogP contribution < -0.4 is 0 Å². The molecule has 12 atom stereocenters. The van der Waals surface area contributed by atoms with E-state index in [0.29, 0.717) is 26.4 Å². The molecule has 638 valence electrons. The average molecular weight is 1670 g/mol. The zero-order chi connectivity index (χ0) is 84.6. The molecular formula is C104H106F4N8O8. The molecule has 0 radical (unpaired) electrons. The molecule has 0 amide bonds. The lowest BCUT2D eigenvalue weighted by Gasteiger charge is -2.51. The standard InChI is InChI=1S/3C26H25FN2O2.C26H31FN2O2/c3*1-25-15-19-16-28-29(22-11-9-21(27)10-12-22)23(19)14-20(25)8-5-13-26(25)30-17-24(31-26)18-6-3-2-4-7-18;1-3-4-5-6-9-23-18-30-26(31-23)14-7-8-20-15-24-19(16-25(20,26)2)17-28-29(24)22-12-10-21(27)11-13-22/h3*2-4,6-7,9-12,14,16,24H,5,8,13,15,17H2,1H3;3,10-13,15,17,23H,1,4-9,14,16,18H2,2H3/t24-,25+,26?;2*24-,25-,26?;23?,25-,26?/m1000/s1. The Hall–Kier alpha value is -10.5. The number of hydrogen-bond acceptors (Lipinski definition) is 12. The van der Waals surface area contributed by atoms with Crippen molar-refractivity contribution in [3.8, 4) is 22.7 Å². The average Bonchev–Trinajstić information content (AvgIpc) is 1.49. The summed E-state index contributed by atoms with van der Waals surface area (Å²) in [5.74, 6) is -3.36. The van der Waals surface area contributed by atoms with Crippen LogP contribution in [0.15, 0.2) is 248 Å². The Kier molecular flexibility index (Phi) is 21.6. The molecule has 16 nitrogen and oxygen atoms in total. The Labute approximate surface area is 722 Å². The van der Waals surface area contributed by atoms with Gasteiger partial charge in [0, 0.05) is 47.3 Å². The summed E-state index contributed by atoms with van der Waals surface area (Å²) in [6.07, 6.45) is 38.4. The molecule has 124 heavy (non-hydrogen) atoms. The van der Waals surface area contributed by atoms with Crippen LogP contribution in [0.25, 0.3) is 47.1 Å². The van der Waals surface area contributed by atoms with Crippen LogP contribution in [-0.2, 0) is 63.6 Å². The topological polar surface area (TPSA) is 145 Å². The first-order valence-electron chi connectivity index (χ1n) is 44.5. The fourth-order valence-corrected chi connectivity index (χ4v) is 22.3. The Bertz CT molecular complexity index is 5450. The van der Waals surface area contributed by atoms with Gasteiger partial charge in [0.05, 0.1) is 103 Å². The van der Waals surface area contributed by atoms with Crippen molar-refractivity contribution in [3.63, 3.8) is 0 Å². The molecule has 20 heteroatoms. The molecule has 11 aromatic rings. The van der Waals surface area contributed by atoms with Gasteiger partial charge in [-0.2, -0.15) is 20.4 Å². The van der Waals surface area contributed by atoms with E-state index in [0.717, 1.165) is 174 Å². The van der Waals surface area contributed by atoms with Gasteiger partial charge in [-0.3, -0.25) is 0 Å². The number of fused-ring (bicyclic) bond motifs is 12. The van der Waals surface area contributed by atoms with Gasteiger partial charge < -0.3 is 37.9 Å². The van der Waals surface area contributed by atoms with Gasteiger partial charge in [-0.1, -0.05) is 153 Å². The second-order valence-corrected chi connectivity index (χ2v) is 36.5. The van der Waals surface area contributed by atoms with Crippen LogP contribution in [0.5, 0.6) is 0 Å². The predicted octanol–water partition coefficient (Wildman–Crippen LogP) is 22.9. The summed E-state index contributed by atoms with van der Waals surface area (Å²) >= 11 is 0. The first-order valence-corrected chi connectivity index (χ1v) is 44.5. The van der Waals surface area contributed by atoms with E-state index < -0.39 is 23.1 Å². The van der Waals surface area contributed by atoms with Gasteiger partial charge in [-0.25, -0.2) is 36.3 Å². The normalized spacial score (nSPS) is 29.5. The molecule has 23 rings (SSSR count). The van der Waals surface area contributed by atoms with E-state index in [1.165, 1.54) is 110 Å². The van der Waals surface area contributed by atoms with Crippen LogP contribution >= 0.6 is 0 Å². The summed E-state index contributed by atoms with van der Waals surface area (Å²) in [6.45, 7) is 15.4. The quantitative estimate of drug-likeness (QED) is 0.0652. The Morgan fingerprint density at radius 3 is 0.887 bits per heavy atom. The zero-order valence-corrected chi connectivity index (χ0v) is 70.9. The van der Waals surface area contributed by atoms with Crippen molar-refractivity contribution in [2.75, 3.05) is 26.4 Å². The Balaban J connectivity index is 0.000000105. The molecule has 8 heterocycles. The van der Waals surface area contributed by atoms with Crippen molar-refractivity contribution in [1.29, 1.82) is 0 Å². The lowest BCUT2D eigenvalue weighted by Crippen LogP contribution is -2.53. The number of nitrogens with zero attached hydrogens (tertiary/aromatic N) is 8. The van der Waals surface area contributed by atoms with Crippen LogP contribution in [-0.4, -0.2) is 94.8 Å². The van der Waals surface area contributed by atoms with Crippen LogP contribution in [0.4, 0.5) is 17.6 Å². The molecule has 8 aliphatic carbocycles. The van der Waals surface area contributed by atoms with E-state index in [2.05, 4.69) is 115 Å². The summed E-state index contributed by atoms with van der Waals surface area (Å²) in [5.41, 5.74) is 20.5. The van der Waals surface area contributed by atoms with Crippen molar-refractivity contribution in [3.05, 3.63) is 333 Å². The smallest absolute Gasteiger partial charge is 0.178 e. The minimum absolute atomic E-state index is 0.0410. The lowest BCUT2D eigenvalue weighted by atomic mass is 9.62. The van der Waals surface area contributed by atoms with E-state index in [1.54, 1.807) is 48.5 Å². The number of benzene rings is 7. The molecule has 12 aliphatic rings. The number of allylic oxidation sites excluding steroid dienone is 1. The van der Waals surface area contributed by atoms with Crippen LogP contribution in [0.1, 0.15) is 210 Å². The van der Waals surface area contributed by atoms with Crippen LogP contribution in [0.2, 0.25) is 0 Å². The highest BCUT2D eigenvalue weighted by molar-refractivity contribution is 5.66. The molecular weight excluding hydrogens is 1570 g/mol. The molecule has 0 bridgehead atoms. The SMILES string of the molecule is C=CCCCCC1COC2(CCCC3=Cc4c(cnn4-c4ccc(F)cc4)C[C@@]32C)O1.C[C@]12Cc3cnn(-c4ccc(F)cc4)c3C=C1CCCC21OC[C@@H](c2ccccc2)O1.C[C@]12Cc3cnn(-c4ccc(F)cc4)c3C=C1CCCC21OC[C@@H](c2ccccc2)O1.C[C@]12Cc3cnn(-c4ccc(F)cc4)c3C=C1CCCC21OC[C@H](c2ccccc2)O1. The maximum atomic E-state index is 13.4. The highest BCUT2D eigenvalue weighted by Crippen LogP contribution is 2.64. The number of hydrogen-bond donors (Lipinski definition) is 0. The number of halogens is 4. The van der Waals surface area contributed by atoms with Crippen molar-refractivity contribution in [1.82, 2.24) is 39.1 Å². The van der Waals surface area contributed by atoms with E-state index in [4.69, 9.17) is 37.9 Å². The molecule has 0 N–H and O–H groups in total. The van der Waals surface area contributed by atoms with Gasteiger partial charge in [0.2, 0.25) is 0 Å². The predicted molar refractivity (Wildman–Crippen MR) is 468 cm³/mol. The molecule has 8 fully saturated rings. The molecule has 5 unspecified atom stereocenters. The van der Waals surface area contributed by atoms with Gasteiger partial charge in [0.15, 0.2) is 23.1 Å². The largest absolute Gasteiger partial charge is 0.346 e. The van der Waals surface area contributed by atoms with Gasteiger partial charge >= 0.3 is 0 Å². The highest BCUT2D eigenvalue weighted by Gasteiger charge is 2.64. The van der Waals surface area contributed by atoms with Crippen LogP contribution in [0.3, 0.4) is 0 Å². The third kappa shape index (κ3) is 14.4. The second-order valence-electron chi connectivity index (χ2n) is 36.5. The summed E-state index contributed by atoms with van der Waals surface area (Å²) in [7, 11) is 0. The molecule has 7 aromatic carbocycles. The first-order chi connectivity index (χ1) is 60.3. The maximum absolute atomic E-state index is 13.4. The third-order valence-electron chi connectivity index (χ3n) is 29.2. The van der Waals surface area contributed by atoms with Gasteiger partial charge in [0.25, 0.3) is 0 Å². The van der Waals surface area contributed by atoms with Gasteiger partial charge in [-0.05, 0) is 257 Å². The van der Waals surface area contributed by atoms with Crippen molar-refractivity contribution in [2.24, 2.45) is 21.7 Å². The summed E-state index contributed by atoms with van der Waals surface area (Å²) in [6, 6.07) is 57.0. The van der Waals surface area contributed by atoms with E-state index >= 15 is 0 Å². The highest BCUT2D eigenvalue weighted by atomic mass is 19.1. The number of rotatable bonds is 12. The fraction of sp³-hybridized carbons (Fsp3) is 0.385. The third-order valence-corrected chi connectivity index (χ3v) is 29.2. The monoisotopic (exact) mass is 1670 g/mol. The minimum atomic E-state index is -0.618. The summed E-state index contributed by atoms with van der Waals surface area (Å²) in [4.78, 5) is 0. The van der Waals surface area contributed by atoms with Crippen molar-refractivity contribution in [2.45, 2.75) is 204 Å². The molecule has 4 saturated carbocycles. The van der Waals surface area contributed by atoms with Gasteiger partial charge in [-0.15, -0.1) is 6.58 Å². The molecule has 4 spiro atoms. The van der Waals surface area contributed by atoms with Crippen molar-refractivity contribution >= 4 is 24.3 Å². The number of aromatic nitrogens is 8. The molecule has 4 aromatic heterocycles. The second kappa shape index (κ2) is 32.8. The van der Waals surface area contributed by atoms with E-state index in [1.807, 2.05) is 104 Å². The minimum Gasteiger partial charge on any atom is -0.346 e. The summed E-state index contributed by atoms with van der Waals surface area (Å²) in [5, 5.41) is 18.5. The summed E-state index contributed by atoms with van der Waals surface area (Å²) < 4.78 is 114. The first kappa shape index (κ1) is 81.8. The maximum Gasteiger partial charge on any atom is 0.178 e. The van der Waals surface area contributed by atoms with Gasteiger partial charge in [0.1, 0.15) is 41.6 Å². The molecule has 4 saturated heterocycles. The number of ether oxygens (including phenoxy) is 8. The zero-order valence-electron chi connectivity index (χ0n) is 70.9. The lowest BCUT2D eigenvalue weighted by molar-refractivity contribution is -0.243.